The van der Waals surface area contributed by atoms with Crippen LogP contribution in [0, 0.1) is 5.92 Å². The molecule has 0 aliphatic heterocycles. The summed E-state index contributed by atoms with van der Waals surface area (Å²) in [6, 6.07) is 7.36. The van der Waals surface area contributed by atoms with Gasteiger partial charge < -0.3 is 0 Å². The molecule has 0 nitrogen and oxygen atoms in total. The average Bonchev–Trinajstić information content (AvgIpc) is 2.46. The zero-order valence-electron chi connectivity index (χ0n) is 11.8. The van der Waals surface area contributed by atoms with Crippen LogP contribution in [0.25, 0.3) is 0 Å². The summed E-state index contributed by atoms with van der Waals surface area (Å²) in [6.07, 6.45) is 9.95. The molecule has 18 heavy (non-hydrogen) atoms. The molecule has 2 unspecified atom stereocenters. The third-order valence-electron chi connectivity index (χ3n) is 5.53. The van der Waals surface area contributed by atoms with E-state index in [9.17, 15) is 0 Å². The average molecular weight is 260 g/mol. The summed E-state index contributed by atoms with van der Waals surface area (Å²) in [4.78, 5) is 0. The van der Waals surface area contributed by atoms with Crippen molar-refractivity contribution in [2.75, 3.05) is 6.66 Å². The van der Waals surface area contributed by atoms with Gasteiger partial charge in [-0.15, -0.1) is 0 Å². The molecule has 0 bridgehead atoms. The smallest absolute Gasteiger partial charge is 0.00183 e. The maximum Gasteiger partial charge on any atom is -0.00183 e. The van der Waals surface area contributed by atoms with E-state index in [0.29, 0.717) is 5.41 Å². The fourth-order valence-corrected chi connectivity index (χ4v) is 5.02. The van der Waals surface area contributed by atoms with Gasteiger partial charge in [-0.1, -0.05) is 46.5 Å². The third kappa shape index (κ3) is 1.85. The molecule has 1 aromatic rings. The van der Waals surface area contributed by atoms with Crippen LogP contribution < -0.4 is 5.30 Å². The first kappa shape index (κ1) is 12.7. The van der Waals surface area contributed by atoms with Crippen LogP contribution in [0.5, 0.6) is 0 Å². The summed E-state index contributed by atoms with van der Waals surface area (Å²) >= 11 is 0. The minimum Gasteiger partial charge on any atom is -0.0936 e. The molecule has 0 spiro atoms. The Morgan fingerprint density at radius 3 is 2.94 bits per heavy atom. The van der Waals surface area contributed by atoms with Crippen molar-refractivity contribution >= 4 is 13.9 Å². The first-order valence-electron chi connectivity index (χ1n) is 7.61. The lowest BCUT2D eigenvalue weighted by Gasteiger charge is -2.48. The third-order valence-corrected chi connectivity index (χ3v) is 6.42. The number of benzene rings is 1. The van der Waals surface area contributed by atoms with Gasteiger partial charge >= 0.3 is 0 Å². The van der Waals surface area contributed by atoms with Crippen molar-refractivity contribution < 1.29 is 0 Å². The van der Waals surface area contributed by atoms with E-state index in [2.05, 4.69) is 31.8 Å². The quantitative estimate of drug-likeness (QED) is 0.691. The summed E-state index contributed by atoms with van der Waals surface area (Å²) < 4.78 is 0. The lowest BCUT2D eigenvalue weighted by atomic mass is 9.56. The largest absolute Gasteiger partial charge is 0.0936 e. The Labute approximate surface area is 113 Å². The molecule has 98 valence electrons. The van der Waals surface area contributed by atoms with E-state index < -0.39 is 0 Å². The molecule has 1 aromatic carbocycles. The summed E-state index contributed by atoms with van der Waals surface area (Å²) in [5, 5.41) is 1.56. The van der Waals surface area contributed by atoms with Gasteiger partial charge in [0, 0.05) is 0 Å². The van der Waals surface area contributed by atoms with Gasteiger partial charge in [0.05, 0.1) is 0 Å². The molecule has 2 aliphatic rings. The maximum absolute atomic E-state index is 2.56. The van der Waals surface area contributed by atoms with E-state index in [1.165, 1.54) is 44.9 Å². The van der Waals surface area contributed by atoms with Gasteiger partial charge in [-0.25, -0.2) is 0 Å². The van der Waals surface area contributed by atoms with Gasteiger partial charge in [0.25, 0.3) is 0 Å². The molecule has 0 radical (unpaired) electrons. The Morgan fingerprint density at radius 2 is 2.17 bits per heavy atom. The molecule has 3 rings (SSSR count). The molecule has 0 N–H and O–H groups in total. The van der Waals surface area contributed by atoms with Crippen molar-refractivity contribution in [3.8, 4) is 0 Å². The fourth-order valence-electron chi connectivity index (χ4n) is 4.49. The number of hydrogen-bond donors (Lipinski definition) is 0. The Morgan fingerprint density at radius 1 is 1.28 bits per heavy atom. The van der Waals surface area contributed by atoms with Gasteiger partial charge in [0.15, 0.2) is 0 Å². The fraction of sp³-hybridized carbons (Fsp3) is 0.647. The van der Waals surface area contributed by atoms with Gasteiger partial charge in [0.1, 0.15) is 0 Å². The van der Waals surface area contributed by atoms with Crippen LogP contribution in [0.3, 0.4) is 0 Å². The lowest BCUT2D eigenvalue weighted by Crippen LogP contribution is -2.41. The van der Waals surface area contributed by atoms with Crippen molar-refractivity contribution in [3.05, 3.63) is 29.3 Å². The monoisotopic (exact) mass is 260 g/mol. The molecular weight excluding hydrogens is 235 g/mol. The Hall–Kier alpha value is -0.350. The number of hydrogen-bond acceptors (Lipinski definition) is 0. The van der Waals surface area contributed by atoms with Crippen LogP contribution in [0.1, 0.15) is 56.6 Å². The normalized spacial score (nSPS) is 31.3. The molecule has 1 heteroatoms. The molecule has 0 aromatic heterocycles. The van der Waals surface area contributed by atoms with Gasteiger partial charge in [0.2, 0.25) is 0 Å². The van der Waals surface area contributed by atoms with Crippen LogP contribution in [0.15, 0.2) is 18.2 Å². The minimum atomic E-state index is 0.543. The first-order valence-corrected chi connectivity index (χ1v) is 9.11. The zero-order valence-corrected chi connectivity index (χ0v) is 12.8. The van der Waals surface area contributed by atoms with E-state index in [0.717, 1.165) is 14.5 Å². The lowest BCUT2D eigenvalue weighted by molar-refractivity contribution is 0.153. The van der Waals surface area contributed by atoms with Crippen LogP contribution in [0.2, 0.25) is 0 Å². The van der Waals surface area contributed by atoms with Crippen LogP contribution in [0.4, 0.5) is 0 Å². The maximum atomic E-state index is 2.56. The molecular formula is C17H25P. The van der Waals surface area contributed by atoms with E-state index in [4.69, 9.17) is 0 Å². The molecule has 1 fully saturated rings. The number of rotatable bonds is 2. The Balaban J connectivity index is 2.10. The van der Waals surface area contributed by atoms with Crippen LogP contribution in [-0.2, 0) is 11.8 Å². The number of fused-ring (bicyclic) bond motifs is 3. The Kier molecular flexibility index (Phi) is 3.50. The summed E-state index contributed by atoms with van der Waals surface area (Å²) in [5.41, 5.74) is 3.95. The zero-order chi connectivity index (χ0) is 12.6. The highest BCUT2D eigenvalue weighted by atomic mass is 31.1. The molecule has 2 aliphatic carbocycles. The van der Waals surface area contributed by atoms with Gasteiger partial charge in [-0.05, 0) is 66.5 Å². The van der Waals surface area contributed by atoms with Crippen molar-refractivity contribution in [3.63, 3.8) is 0 Å². The van der Waals surface area contributed by atoms with Gasteiger partial charge in [-0.3, -0.25) is 0 Å². The second kappa shape index (κ2) is 4.97. The van der Waals surface area contributed by atoms with E-state index in [-0.39, 0.29) is 0 Å². The second-order valence-corrected chi connectivity index (χ2v) is 7.19. The molecule has 0 heterocycles. The molecule has 1 saturated carbocycles. The predicted molar refractivity (Wildman–Crippen MR) is 82.6 cm³/mol. The van der Waals surface area contributed by atoms with Crippen molar-refractivity contribution in [1.29, 1.82) is 0 Å². The Bertz CT molecular complexity index is 437. The highest BCUT2D eigenvalue weighted by Gasteiger charge is 2.43. The summed E-state index contributed by atoms with van der Waals surface area (Å²) in [6.45, 7) is 4.73. The minimum absolute atomic E-state index is 0.543. The number of aryl methyl sites for hydroxylation is 1. The van der Waals surface area contributed by atoms with E-state index in [1.807, 2.05) is 0 Å². The predicted octanol–water partition coefficient (Wildman–Crippen LogP) is 4.40. The molecule has 0 saturated heterocycles. The van der Waals surface area contributed by atoms with Gasteiger partial charge in [-0.2, -0.15) is 0 Å². The highest BCUT2D eigenvalue weighted by molar-refractivity contribution is 7.46. The molecule has 3 atom stereocenters. The standard InChI is InChI=1S/C17H25P/c1-3-17-11-5-4-6-14(17)9-7-13-8-10-15(18-2)12-16(13)17/h8,10,12,14,18H,3-7,9,11H2,1-2H3/t14?,17-/m1/s1. The molecule has 0 amide bonds. The topological polar surface area (TPSA) is 0 Å². The highest BCUT2D eigenvalue weighted by Crippen LogP contribution is 2.51. The van der Waals surface area contributed by atoms with Crippen molar-refractivity contribution in [2.24, 2.45) is 5.92 Å². The van der Waals surface area contributed by atoms with Crippen molar-refractivity contribution in [1.82, 2.24) is 0 Å². The van der Waals surface area contributed by atoms with E-state index in [1.54, 1.807) is 16.4 Å². The van der Waals surface area contributed by atoms with Crippen LogP contribution in [-0.4, -0.2) is 6.66 Å². The summed E-state index contributed by atoms with van der Waals surface area (Å²) in [5.74, 6) is 0.971. The van der Waals surface area contributed by atoms with Crippen molar-refractivity contribution in [2.45, 2.75) is 57.3 Å². The van der Waals surface area contributed by atoms with Crippen LogP contribution >= 0.6 is 8.58 Å². The first-order chi connectivity index (χ1) is 8.80. The second-order valence-electron chi connectivity index (χ2n) is 6.11. The SMILES string of the molecule is CC[C@@]12CCCCC1CCc1ccc(PC)cc12. The summed E-state index contributed by atoms with van der Waals surface area (Å²) in [7, 11) is 0.941. The van der Waals surface area contributed by atoms with E-state index >= 15 is 0 Å².